The van der Waals surface area contributed by atoms with Gasteiger partial charge in [-0.1, -0.05) is 34.1 Å². The van der Waals surface area contributed by atoms with E-state index in [-0.39, 0.29) is 5.91 Å². The lowest BCUT2D eigenvalue weighted by Gasteiger charge is -2.39. The van der Waals surface area contributed by atoms with Gasteiger partial charge in [0, 0.05) is 25.7 Å². The number of nitrogens with one attached hydrogen (secondary N) is 1. The molecule has 4 nitrogen and oxygen atoms in total. The van der Waals surface area contributed by atoms with Crippen molar-refractivity contribution in [2.24, 2.45) is 5.41 Å². The molecular weight excluding hydrogens is 252 g/mol. The molecule has 1 heterocycles. The van der Waals surface area contributed by atoms with Gasteiger partial charge in [-0.25, -0.2) is 0 Å². The lowest BCUT2D eigenvalue weighted by atomic mass is 9.78. The molecule has 0 atom stereocenters. The normalized spacial score (nSPS) is 18.6. The van der Waals surface area contributed by atoms with Crippen molar-refractivity contribution in [2.45, 2.75) is 59.4 Å². The number of piperidine rings is 1. The highest BCUT2D eigenvalue weighted by molar-refractivity contribution is 5.76. The molecule has 0 aromatic heterocycles. The smallest absolute Gasteiger partial charge is 0.224 e. The predicted octanol–water partition coefficient (Wildman–Crippen LogP) is 2.43. The lowest BCUT2D eigenvalue weighted by Crippen LogP contribution is -2.42. The minimum absolute atomic E-state index is 0.250. The number of amides is 1. The highest BCUT2D eigenvalue weighted by atomic mass is 16.5. The number of hydrogen-bond acceptors (Lipinski definition) is 3. The molecule has 1 amide bonds. The fraction of sp³-hybridized carbons (Fsp3) is 0.938. The molecule has 0 aliphatic carbocycles. The third-order valence-corrected chi connectivity index (χ3v) is 4.44. The zero-order valence-corrected chi connectivity index (χ0v) is 13.7. The highest BCUT2D eigenvalue weighted by Crippen LogP contribution is 2.33. The first kappa shape index (κ1) is 17.4. The van der Waals surface area contributed by atoms with Crippen LogP contribution in [-0.4, -0.2) is 49.7 Å². The number of hydrogen-bond donors (Lipinski definition) is 1. The Kier molecular flexibility index (Phi) is 7.52. The maximum absolute atomic E-state index is 12.1. The maximum Gasteiger partial charge on any atom is 0.224 e. The Bertz CT molecular complexity index is 284. The van der Waals surface area contributed by atoms with Crippen molar-refractivity contribution in [3.63, 3.8) is 0 Å². The summed E-state index contributed by atoms with van der Waals surface area (Å²) in [6.07, 6.45) is 3.99. The van der Waals surface area contributed by atoms with Gasteiger partial charge in [-0.3, -0.25) is 4.79 Å². The van der Waals surface area contributed by atoms with Crippen LogP contribution in [0.3, 0.4) is 0 Å². The number of ether oxygens (including phenoxy) is 1. The number of carbonyl (C=O) groups excluding carboxylic acids is 1. The van der Waals surface area contributed by atoms with E-state index in [1.165, 1.54) is 6.42 Å². The van der Waals surface area contributed by atoms with Crippen LogP contribution in [0.2, 0.25) is 0 Å². The minimum atomic E-state index is 0.250. The molecule has 0 unspecified atom stereocenters. The summed E-state index contributed by atoms with van der Waals surface area (Å²) >= 11 is 0. The molecule has 0 radical (unpaired) electrons. The third-order valence-electron chi connectivity index (χ3n) is 4.44. The first-order valence-electron chi connectivity index (χ1n) is 8.06. The molecule has 1 aliphatic rings. The van der Waals surface area contributed by atoms with Crippen molar-refractivity contribution in [1.82, 2.24) is 10.2 Å². The number of nitrogens with zero attached hydrogens (tertiary/aromatic N) is 1. The Morgan fingerprint density at radius 2 is 1.95 bits per heavy atom. The Morgan fingerprint density at radius 1 is 1.30 bits per heavy atom. The molecule has 1 aliphatic heterocycles. The Hall–Kier alpha value is -0.610. The quantitative estimate of drug-likeness (QED) is 0.696. The van der Waals surface area contributed by atoms with E-state index in [1.54, 1.807) is 0 Å². The van der Waals surface area contributed by atoms with Gasteiger partial charge in [0.05, 0.1) is 19.6 Å². The first-order valence-corrected chi connectivity index (χ1v) is 8.06. The van der Waals surface area contributed by atoms with Crippen LogP contribution in [-0.2, 0) is 9.53 Å². The molecule has 1 N–H and O–H groups in total. The first-order chi connectivity index (χ1) is 9.47. The predicted molar refractivity (Wildman–Crippen MR) is 82.8 cm³/mol. The summed E-state index contributed by atoms with van der Waals surface area (Å²) in [6.45, 7) is 12.7. The molecule has 4 heteroatoms. The zero-order chi connectivity index (χ0) is 15.0. The Morgan fingerprint density at radius 3 is 2.50 bits per heavy atom. The van der Waals surface area contributed by atoms with Crippen LogP contribution in [0, 0.1) is 5.41 Å². The van der Waals surface area contributed by atoms with Crippen molar-refractivity contribution in [1.29, 1.82) is 0 Å². The lowest BCUT2D eigenvalue weighted by molar-refractivity contribution is -0.134. The van der Waals surface area contributed by atoms with Gasteiger partial charge < -0.3 is 15.0 Å². The van der Waals surface area contributed by atoms with Crippen molar-refractivity contribution in [2.75, 3.05) is 32.8 Å². The van der Waals surface area contributed by atoms with E-state index in [2.05, 4.69) is 33.0 Å². The van der Waals surface area contributed by atoms with E-state index in [9.17, 15) is 4.79 Å². The zero-order valence-electron chi connectivity index (χ0n) is 13.7. The largest absolute Gasteiger partial charge is 0.380 e. The van der Waals surface area contributed by atoms with Crippen LogP contribution in [0.5, 0.6) is 0 Å². The van der Waals surface area contributed by atoms with Crippen LogP contribution in [0.1, 0.15) is 53.4 Å². The topological polar surface area (TPSA) is 41.6 Å². The van der Waals surface area contributed by atoms with Crippen LogP contribution in [0.25, 0.3) is 0 Å². The molecule has 0 spiro atoms. The summed E-state index contributed by atoms with van der Waals surface area (Å²) < 4.78 is 5.50. The second kappa shape index (κ2) is 8.63. The van der Waals surface area contributed by atoms with Gasteiger partial charge in [0.15, 0.2) is 0 Å². The average molecular weight is 284 g/mol. The van der Waals surface area contributed by atoms with Gasteiger partial charge in [-0.15, -0.1) is 0 Å². The maximum atomic E-state index is 12.1. The number of rotatable bonds is 8. The van der Waals surface area contributed by atoms with E-state index in [0.717, 1.165) is 32.5 Å². The molecule has 1 fully saturated rings. The second-order valence-electron chi connectivity index (χ2n) is 6.52. The summed E-state index contributed by atoms with van der Waals surface area (Å²) in [4.78, 5) is 14.1. The summed E-state index contributed by atoms with van der Waals surface area (Å²) in [6, 6.07) is 0.487. The van der Waals surface area contributed by atoms with E-state index >= 15 is 0 Å². The van der Waals surface area contributed by atoms with Crippen LogP contribution in [0.15, 0.2) is 0 Å². The SMILES string of the molecule is CCC1(C)CCN(C(=O)CCOCCNC(C)C)CC1. The van der Waals surface area contributed by atoms with Gasteiger partial charge in [0.2, 0.25) is 5.91 Å². The van der Waals surface area contributed by atoms with Crippen molar-refractivity contribution < 1.29 is 9.53 Å². The molecule has 20 heavy (non-hydrogen) atoms. The second-order valence-corrected chi connectivity index (χ2v) is 6.52. The van der Waals surface area contributed by atoms with E-state index in [4.69, 9.17) is 4.74 Å². The van der Waals surface area contributed by atoms with E-state index in [0.29, 0.717) is 31.1 Å². The van der Waals surface area contributed by atoms with E-state index < -0.39 is 0 Å². The van der Waals surface area contributed by atoms with Gasteiger partial charge in [0.25, 0.3) is 0 Å². The van der Waals surface area contributed by atoms with Gasteiger partial charge in [-0.2, -0.15) is 0 Å². The monoisotopic (exact) mass is 284 g/mol. The van der Waals surface area contributed by atoms with Gasteiger partial charge in [-0.05, 0) is 18.3 Å². The van der Waals surface area contributed by atoms with Crippen LogP contribution in [0.4, 0.5) is 0 Å². The number of carbonyl (C=O) groups is 1. The molecular formula is C16H32N2O2. The fourth-order valence-corrected chi connectivity index (χ4v) is 2.49. The van der Waals surface area contributed by atoms with E-state index in [1.807, 2.05) is 4.90 Å². The van der Waals surface area contributed by atoms with Crippen molar-refractivity contribution in [3.05, 3.63) is 0 Å². The third kappa shape index (κ3) is 6.23. The van der Waals surface area contributed by atoms with Crippen molar-refractivity contribution in [3.8, 4) is 0 Å². The Labute approximate surface area is 124 Å². The van der Waals surface area contributed by atoms with Gasteiger partial charge in [0.1, 0.15) is 0 Å². The van der Waals surface area contributed by atoms with Crippen molar-refractivity contribution >= 4 is 5.91 Å². The highest BCUT2D eigenvalue weighted by Gasteiger charge is 2.29. The Balaban J connectivity index is 2.09. The standard InChI is InChI=1S/C16H32N2O2/c1-5-16(4)7-10-18(11-8-16)15(19)6-12-20-13-9-17-14(2)3/h14,17H,5-13H2,1-4H3. The molecule has 1 saturated heterocycles. The molecule has 1 rings (SSSR count). The summed E-state index contributed by atoms with van der Waals surface area (Å²) in [5, 5.41) is 3.29. The summed E-state index contributed by atoms with van der Waals surface area (Å²) in [7, 11) is 0. The van der Waals surface area contributed by atoms with Gasteiger partial charge >= 0.3 is 0 Å². The minimum Gasteiger partial charge on any atom is -0.380 e. The molecule has 0 aromatic carbocycles. The average Bonchev–Trinajstić information content (AvgIpc) is 2.43. The van der Waals surface area contributed by atoms with Crippen LogP contribution < -0.4 is 5.32 Å². The summed E-state index contributed by atoms with van der Waals surface area (Å²) in [5.74, 6) is 0.250. The molecule has 0 saturated carbocycles. The molecule has 0 aromatic rings. The molecule has 118 valence electrons. The molecule has 0 bridgehead atoms. The number of likely N-dealkylation sites (tertiary alicyclic amines) is 1. The fourth-order valence-electron chi connectivity index (χ4n) is 2.49. The van der Waals surface area contributed by atoms with Crippen LogP contribution >= 0.6 is 0 Å². The summed E-state index contributed by atoms with van der Waals surface area (Å²) in [5.41, 5.74) is 0.440.